The highest BCUT2D eigenvalue weighted by atomic mass is 19.2. The fraction of sp³-hybridized carbons (Fsp3) is 0.176. The molecule has 0 saturated heterocycles. The number of halogens is 2. The summed E-state index contributed by atoms with van der Waals surface area (Å²) in [4.78, 5) is 35.8. The van der Waals surface area contributed by atoms with E-state index in [2.05, 4.69) is 5.32 Å². The van der Waals surface area contributed by atoms with Gasteiger partial charge in [0.2, 0.25) is 0 Å². The largest absolute Gasteiger partial charge is 0.452 e. The highest BCUT2D eigenvalue weighted by Crippen LogP contribution is 2.25. The second-order valence-corrected chi connectivity index (χ2v) is 5.61. The predicted molar refractivity (Wildman–Crippen MR) is 92.7 cm³/mol. The Morgan fingerprint density at radius 1 is 1.15 bits per heavy atom. The van der Waals surface area contributed by atoms with Gasteiger partial charge in [-0.05, 0) is 18.2 Å². The Labute approximate surface area is 152 Å². The average Bonchev–Trinajstić information content (AvgIpc) is 2.62. The van der Waals surface area contributed by atoms with Crippen molar-refractivity contribution in [3.05, 3.63) is 63.7 Å². The monoisotopic (exact) mass is 379 g/mol. The third kappa shape index (κ3) is 4.97. The normalized spacial score (nSPS) is 10.2. The topological polar surface area (TPSA) is 102 Å². The van der Waals surface area contributed by atoms with Crippen molar-refractivity contribution in [3.63, 3.8) is 0 Å². The Morgan fingerprint density at radius 2 is 1.85 bits per heavy atom. The highest BCUT2D eigenvalue weighted by molar-refractivity contribution is 5.99. The first-order valence-electron chi connectivity index (χ1n) is 7.57. The summed E-state index contributed by atoms with van der Waals surface area (Å²) in [5.74, 6) is -3.94. The number of benzene rings is 2. The molecule has 0 radical (unpaired) electrons. The molecule has 2 aromatic rings. The summed E-state index contributed by atoms with van der Waals surface area (Å²) in [7, 11) is 3.27. The van der Waals surface area contributed by atoms with Gasteiger partial charge in [-0.1, -0.05) is 0 Å². The molecular formula is C17H15F2N3O5. The summed E-state index contributed by atoms with van der Waals surface area (Å²) in [5, 5.41) is 13.1. The van der Waals surface area contributed by atoms with Crippen molar-refractivity contribution in [1.82, 2.24) is 0 Å². The fourth-order valence-corrected chi connectivity index (χ4v) is 2.17. The molecule has 0 heterocycles. The van der Waals surface area contributed by atoms with E-state index in [1.807, 2.05) is 0 Å². The number of carbonyl (C=O) groups excluding carboxylic acids is 2. The van der Waals surface area contributed by atoms with Gasteiger partial charge >= 0.3 is 5.97 Å². The van der Waals surface area contributed by atoms with Crippen LogP contribution in [0.4, 0.5) is 25.8 Å². The first-order valence-corrected chi connectivity index (χ1v) is 7.57. The Bertz CT molecular complexity index is 902. The molecule has 27 heavy (non-hydrogen) atoms. The van der Waals surface area contributed by atoms with Crippen LogP contribution in [0.1, 0.15) is 10.4 Å². The molecule has 0 unspecified atom stereocenters. The summed E-state index contributed by atoms with van der Waals surface area (Å²) in [6.07, 6.45) is 0. The molecular weight excluding hydrogens is 364 g/mol. The lowest BCUT2D eigenvalue weighted by molar-refractivity contribution is -0.384. The van der Waals surface area contributed by atoms with Gasteiger partial charge in [0.25, 0.3) is 11.6 Å². The van der Waals surface area contributed by atoms with E-state index in [-0.39, 0.29) is 16.9 Å². The molecule has 0 fully saturated rings. The van der Waals surface area contributed by atoms with E-state index in [1.54, 1.807) is 19.0 Å². The fourth-order valence-electron chi connectivity index (χ4n) is 2.17. The van der Waals surface area contributed by atoms with Crippen LogP contribution in [0.3, 0.4) is 0 Å². The molecule has 142 valence electrons. The molecule has 1 amide bonds. The van der Waals surface area contributed by atoms with E-state index >= 15 is 0 Å². The van der Waals surface area contributed by atoms with Gasteiger partial charge in [0.15, 0.2) is 18.2 Å². The predicted octanol–water partition coefficient (Wildman–Crippen LogP) is 2.73. The zero-order chi connectivity index (χ0) is 20.1. The first kappa shape index (κ1) is 19.8. The van der Waals surface area contributed by atoms with Crippen molar-refractivity contribution in [2.75, 3.05) is 30.9 Å². The highest BCUT2D eigenvalue weighted by Gasteiger charge is 2.20. The van der Waals surface area contributed by atoms with E-state index in [4.69, 9.17) is 4.74 Å². The lowest BCUT2D eigenvalue weighted by atomic mass is 10.1. The number of ether oxygens (including phenoxy) is 1. The number of nitro benzene ring substituents is 1. The van der Waals surface area contributed by atoms with Gasteiger partial charge in [-0.2, -0.15) is 0 Å². The van der Waals surface area contributed by atoms with Gasteiger partial charge in [-0.15, -0.1) is 0 Å². The minimum Gasteiger partial charge on any atom is -0.452 e. The molecule has 1 N–H and O–H groups in total. The van der Waals surface area contributed by atoms with Crippen molar-refractivity contribution >= 4 is 28.9 Å². The van der Waals surface area contributed by atoms with Gasteiger partial charge in [0.1, 0.15) is 0 Å². The number of esters is 1. The SMILES string of the molecule is CN(C)c1ccc([N+](=O)[O-])cc1C(=O)OCC(=O)Nc1ccc(F)c(F)c1. The van der Waals surface area contributed by atoms with Crippen molar-refractivity contribution in [2.45, 2.75) is 0 Å². The molecule has 0 saturated carbocycles. The summed E-state index contributed by atoms with van der Waals surface area (Å²) < 4.78 is 30.9. The molecule has 10 heteroatoms. The van der Waals surface area contributed by atoms with E-state index < -0.39 is 35.0 Å². The summed E-state index contributed by atoms with van der Waals surface area (Å²) in [6.45, 7) is -0.715. The summed E-state index contributed by atoms with van der Waals surface area (Å²) >= 11 is 0. The quantitative estimate of drug-likeness (QED) is 0.470. The minimum atomic E-state index is -1.14. The van der Waals surface area contributed by atoms with Crippen LogP contribution in [-0.4, -0.2) is 37.5 Å². The van der Waals surface area contributed by atoms with Crippen LogP contribution < -0.4 is 10.2 Å². The maximum absolute atomic E-state index is 13.1. The number of hydrogen-bond acceptors (Lipinski definition) is 6. The number of rotatable bonds is 6. The van der Waals surface area contributed by atoms with E-state index in [0.717, 1.165) is 24.3 Å². The Morgan fingerprint density at radius 3 is 2.44 bits per heavy atom. The third-order valence-electron chi connectivity index (χ3n) is 3.43. The molecule has 0 aliphatic carbocycles. The van der Waals surface area contributed by atoms with Crippen LogP contribution in [0.2, 0.25) is 0 Å². The summed E-state index contributed by atoms with van der Waals surface area (Å²) in [5.41, 5.74) is -0.0421. The lowest BCUT2D eigenvalue weighted by Crippen LogP contribution is -2.22. The zero-order valence-electron chi connectivity index (χ0n) is 14.4. The maximum Gasteiger partial charge on any atom is 0.341 e. The van der Waals surface area contributed by atoms with E-state index in [1.165, 1.54) is 12.1 Å². The standard InChI is InChI=1S/C17H15F2N3O5/c1-21(2)15-6-4-11(22(25)26)8-12(15)17(24)27-9-16(23)20-10-3-5-13(18)14(19)7-10/h3-8H,9H2,1-2H3,(H,20,23). The average molecular weight is 379 g/mol. The van der Waals surface area contributed by atoms with Crippen LogP contribution in [0.5, 0.6) is 0 Å². The number of nitrogens with zero attached hydrogens (tertiary/aromatic N) is 2. The van der Waals surface area contributed by atoms with Crippen molar-refractivity contribution in [1.29, 1.82) is 0 Å². The molecule has 0 spiro atoms. The van der Waals surface area contributed by atoms with E-state index in [0.29, 0.717) is 5.69 Å². The second-order valence-electron chi connectivity index (χ2n) is 5.61. The molecule has 0 atom stereocenters. The van der Waals surface area contributed by atoms with Gasteiger partial charge in [0.05, 0.1) is 16.2 Å². The van der Waals surface area contributed by atoms with Gasteiger partial charge in [0, 0.05) is 38.0 Å². The number of nitrogens with one attached hydrogen (secondary N) is 1. The van der Waals surface area contributed by atoms with E-state index in [9.17, 15) is 28.5 Å². The van der Waals surface area contributed by atoms with Crippen LogP contribution in [0.25, 0.3) is 0 Å². The molecule has 0 bridgehead atoms. The molecule has 8 nitrogen and oxygen atoms in total. The van der Waals surface area contributed by atoms with Crippen LogP contribution >= 0.6 is 0 Å². The number of nitro groups is 1. The molecule has 2 aromatic carbocycles. The Kier molecular flexibility index (Phi) is 6.01. The second kappa shape index (κ2) is 8.21. The van der Waals surface area contributed by atoms with Gasteiger partial charge in [-0.25, -0.2) is 13.6 Å². The van der Waals surface area contributed by atoms with Gasteiger partial charge < -0.3 is 15.0 Å². The number of hydrogen-bond donors (Lipinski definition) is 1. The molecule has 0 aliphatic heterocycles. The van der Waals surface area contributed by atoms with Crippen molar-refractivity contribution < 1.29 is 28.0 Å². The number of non-ortho nitro benzene ring substituents is 1. The number of carbonyl (C=O) groups is 2. The van der Waals surface area contributed by atoms with Gasteiger partial charge in [-0.3, -0.25) is 14.9 Å². The summed E-state index contributed by atoms with van der Waals surface area (Å²) in [6, 6.07) is 6.43. The van der Waals surface area contributed by atoms with Crippen molar-refractivity contribution in [3.8, 4) is 0 Å². The molecule has 2 rings (SSSR count). The van der Waals surface area contributed by atoms with Crippen LogP contribution in [0, 0.1) is 21.7 Å². The molecule has 0 aliphatic rings. The molecule has 0 aromatic heterocycles. The number of anilines is 2. The lowest BCUT2D eigenvalue weighted by Gasteiger charge is -2.16. The first-order chi connectivity index (χ1) is 12.7. The van der Waals surface area contributed by atoms with Crippen LogP contribution in [-0.2, 0) is 9.53 Å². The number of amides is 1. The Hall–Kier alpha value is -3.56. The van der Waals surface area contributed by atoms with Crippen molar-refractivity contribution in [2.24, 2.45) is 0 Å². The maximum atomic E-state index is 13.1. The Balaban J connectivity index is 2.08. The minimum absolute atomic E-state index is 0.0146. The van der Waals surface area contributed by atoms with Crippen LogP contribution in [0.15, 0.2) is 36.4 Å². The zero-order valence-corrected chi connectivity index (χ0v) is 14.4. The smallest absolute Gasteiger partial charge is 0.341 e. The third-order valence-corrected chi connectivity index (χ3v) is 3.43.